The fraction of sp³-hybridized carbons (Fsp3) is 0.231. The fourth-order valence-corrected chi connectivity index (χ4v) is 2.77. The number of benzene rings is 2. The van der Waals surface area contributed by atoms with E-state index in [0.29, 0.717) is 11.4 Å². The second-order valence-corrected chi connectivity index (χ2v) is 7.59. The van der Waals surface area contributed by atoms with Crippen LogP contribution in [0.2, 0.25) is 0 Å². The number of ether oxygens (including phenoxy) is 4. The molecule has 2 aromatic carbocycles. The number of esters is 3. The van der Waals surface area contributed by atoms with E-state index in [-0.39, 0.29) is 35.6 Å². The number of nitrogens with zero attached hydrogens (tertiary/aromatic N) is 2. The third-order valence-corrected chi connectivity index (χ3v) is 4.69. The van der Waals surface area contributed by atoms with Crippen molar-refractivity contribution in [2.45, 2.75) is 13.8 Å². The lowest BCUT2D eigenvalue weighted by Gasteiger charge is -2.09. The molecule has 0 atom stereocenters. The number of methoxy groups -OCH3 is 2. The Hall–Kier alpha value is -5.00. The number of aliphatic hydroxyl groups excluding tert-OH is 1. The van der Waals surface area contributed by atoms with Crippen molar-refractivity contribution in [3.63, 3.8) is 0 Å². The highest BCUT2D eigenvalue weighted by molar-refractivity contribution is 6.04. The van der Waals surface area contributed by atoms with Gasteiger partial charge >= 0.3 is 17.9 Å². The summed E-state index contributed by atoms with van der Waals surface area (Å²) in [6.45, 7) is 6.42. The van der Waals surface area contributed by atoms with E-state index >= 15 is 0 Å². The summed E-state index contributed by atoms with van der Waals surface area (Å²) in [7, 11) is 2.36. The van der Waals surface area contributed by atoms with E-state index in [2.05, 4.69) is 26.9 Å². The first kappa shape index (κ1) is 29.2. The Morgan fingerprint density at radius 3 is 2.18 bits per heavy atom. The molecular formula is C26H27N3O9. The van der Waals surface area contributed by atoms with Crippen molar-refractivity contribution in [2.75, 3.05) is 32.8 Å². The molecule has 0 radical (unpaired) electrons. The topological polar surface area (TPSA) is 162 Å². The predicted molar refractivity (Wildman–Crippen MR) is 135 cm³/mol. The van der Waals surface area contributed by atoms with E-state index in [9.17, 15) is 24.3 Å². The Morgan fingerprint density at radius 2 is 1.61 bits per heavy atom. The lowest BCUT2D eigenvalue weighted by atomic mass is 10.1. The number of anilines is 1. The zero-order chi connectivity index (χ0) is 28.2. The van der Waals surface area contributed by atoms with Crippen LogP contribution in [0.15, 0.2) is 76.3 Å². The van der Waals surface area contributed by atoms with Crippen molar-refractivity contribution < 1.29 is 43.2 Å². The van der Waals surface area contributed by atoms with Gasteiger partial charge in [0.05, 0.1) is 25.3 Å². The number of allylic oxidation sites excluding steroid dienone is 1. The molecule has 0 aromatic heterocycles. The van der Waals surface area contributed by atoms with Crippen LogP contribution in [0.5, 0.6) is 5.75 Å². The van der Waals surface area contributed by atoms with E-state index in [4.69, 9.17) is 14.2 Å². The van der Waals surface area contributed by atoms with Gasteiger partial charge in [0.2, 0.25) is 0 Å². The van der Waals surface area contributed by atoms with Gasteiger partial charge in [0.15, 0.2) is 5.70 Å². The van der Waals surface area contributed by atoms with Crippen molar-refractivity contribution in [1.82, 2.24) is 0 Å². The summed E-state index contributed by atoms with van der Waals surface area (Å²) in [5, 5.41) is 20.3. The number of carbonyl (C=O) groups is 4. The van der Waals surface area contributed by atoms with Crippen LogP contribution >= 0.6 is 0 Å². The molecule has 200 valence electrons. The molecule has 12 heteroatoms. The Balaban J connectivity index is 2.13. The number of hydrogen-bond acceptors (Lipinski definition) is 11. The first-order valence-electron chi connectivity index (χ1n) is 11.1. The standard InChI is InChI=1S/C26H27N3O9/c1-15(2)24(32)38-13-12-37-19-9-7-18(8-10-19)27-23(31)22(16(3)30)29-28-21-14-17(25(33)35-4)6-11-20(21)26(34)36-5/h6-11,14,30H,1,12-13H2,2-5H3,(H,27,31)/b22-16+,29-28?. The maximum atomic E-state index is 12.8. The maximum Gasteiger partial charge on any atom is 0.340 e. The van der Waals surface area contributed by atoms with Crippen LogP contribution in [-0.2, 0) is 23.8 Å². The maximum absolute atomic E-state index is 12.8. The summed E-state index contributed by atoms with van der Waals surface area (Å²) in [6.07, 6.45) is 0. The van der Waals surface area contributed by atoms with Gasteiger partial charge in [0.1, 0.15) is 30.4 Å². The molecular weight excluding hydrogens is 498 g/mol. The Morgan fingerprint density at radius 1 is 0.947 bits per heavy atom. The highest BCUT2D eigenvalue weighted by Crippen LogP contribution is 2.25. The number of aliphatic hydroxyl groups is 1. The number of amides is 1. The molecule has 38 heavy (non-hydrogen) atoms. The smallest absolute Gasteiger partial charge is 0.340 e. The summed E-state index contributed by atoms with van der Waals surface area (Å²) < 4.78 is 19.8. The average molecular weight is 526 g/mol. The number of rotatable bonds is 11. The van der Waals surface area contributed by atoms with Gasteiger partial charge in [-0.1, -0.05) is 6.58 Å². The van der Waals surface area contributed by atoms with Gasteiger partial charge in [-0.05, 0) is 56.3 Å². The molecule has 0 saturated carbocycles. The molecule has 0 heterocycles. The molecule has 0 aliphatic rings. The minimum atomic E-state index is -0.794. The van der Waals surface area contributed by atoms with Gasteiger partial charge in [-0.25, -0.2) is 14.4 Å². The summed E-state index contributed by atoms with van der Waals surface area (Å²) in [4.78, 5) is 48.1. The molecule has 12 nitrogen and oxygen atoms in total. The summed E-state index contributed by atoms with van der Waals surface area (Å²) in [6, 6.07) is 10.1. The molecule has 2 aromatic rings. The molecule has 0 spiro atoms. The summed E-state index contributed by atoms with van der Waals surface area (Å²) >= 11 is 0. The van der Waals surface area contributed by atoms with Gasteiger partial charge < -0.3 is 29.4 Å². The molecule has 0 bridgehead atoms. The summed E-state index contributed by atoms with van der Waals surface area (Å²) in [5.74, 6) is -2.71. The van der Waals surface area contributed by atoms with Crippen LogP contribution < -0.4 is 10.1 Å². The van der Waals surface area contributed by atoms with Crippen LogP contribution in [0, 0.1) is 0 Å². The SMILES string of the molecule is C=C(C)C(=O)OCCOc1ccc(NC(=O)/C(N=Nc2cc(C(=O)OC)ccc2C(=O)OC)=C(/C)O)cc1. The van der Waals surface area contributed by atoms with Gasteiger partial charge in [-0.2, -0.15) is 0 Å². The summed E-state index contributed by atoms with van der Waals surface area (Å²) in [5.41, 5.74) is 0.179. The van der Waals surface area contributed by atoms with Gasteiger partial charge in [0.25, 0.3) is 5.91 Å². The highest BCUT2D eigenvalue weighted by Gasteiger charge is 2.18. The normalized spacial score (nSPS) is 11.3. The monoisotopic (exact) mass is 525 g/mol. The van der Waals surface area contributed by atoms with Crippen LogP contribution in [0.4, 0.5) is 11.4 Å². The fourth-order valence-electron chi connectivity index (χ4n) is 2.77. The second kappa shape index (κ2) is 13.9. The van der Waals surface area contributed by atoms with Crippen molar-refractivity contribution in [3.8, 4) is 5.75 Å². The lowest BCUT2D eigenvalue weighted by molar-refractivity contribution is -0.139. The van der Waals surface area contributed by atoms with Crippen molar-refractivity contribution >= 4 is 35.2 Å². The van der Waals surface area contributed by atoms with Crippen LogP contribution in [0.1, 0.15) is 34.6 Å². The molecule has 0 unspecified atom stereocenters. The van der Waals surface area contributed by atoms with Gasteiger partial charge in [0, 0.05) is 11.3 Å². The zero-order valence-electron chi connectivity index (χ0n) is 21.3. The third kappa shape index (κ3) is 8.29. The van der Waals surface area contributed by atoms with E-state index in [1.807, 2.05) is 0 Å². The van der Waals surface area contributed by atoms with E-state index in [1.165, 1.54) is 39.3 Å². The van der Waals surface area contributed by atoms with Crippen molar-refractivity contribution in [3.05, 3.63) is 77.2 Å². The quantitative estimate of drug-likeness (QED) is 0.109. The number of carbonyl (C=O) groups excluding carboxylic acids is 4. The molecule has 0 fully saturated rings. The Labute approximate surface area is 218 Å². The molecule has 2 rings (SSSR count). The van der Waals surface area contributed by atoms with Gasteiger partial charge in [-0.3, -0.25) is 4.79 Å². The Bertz CT molecular complexity index is 1280. The van der Waals surface area contributed by atoms with E-state index < -0.39 is 35.3 Å². The average Bonchev–Trinajstić information content (AvgIpc) is 2.90. The predicted octanol–water partition coefficient (Wildman–Crippen LogP) is 4.27. The lowest BCUT2D eigenvalue weighted by Crippen LogP contribution is -2.15. The van der Waals surface area contributed by atoms with Crippen LogP contribution in [-0.4, -0.2) is 56.4 Å². The minimum Gasteiger partial charge on any atom is -0.510 e. The van der Waals surface area contributed by atoms with Crippen molar-refractivity contribution in [1.29, 1.82) is 0 Å². The van der Waals surface area contributed by atoms with E-state index in [0.717, 1.165) is 0 Å². The molecule has 0 aliphatic carbocycles. The van der Waals surface area contributed by atoms with Crippen molar-refractivity contribution in [2.24, 2.45) is 10.2 Å². The van der Waals surface area contributed by atoms with E-state index in [1.54, 1.807) is 31.2 Å². The molecule has 0 aliphatic heterocycles. The van der Waals surface area contributed by atoms with Crippen LogP contribution in [0.25, 0.3) is 0 Å². The molecule has 2 N–H and O–H groups in total. The largest absolute Gasteiger partial charge is 0.510 e. The first-order chi connectivity index (χ1) is 18.1. The Kier molecular flexibility index (Phi) is 10.7. The number of azo groups is 1. The first-order valence-corrected chi connectivity index (χ1v) is 11.1. The zero-order valence-corrected chi connectivity index (χ0v) is 21.3. The van der Waals surface area contributed by atoms with Crippen LogP contribution in [0.3, 0.4) is 0 Å². The second-order valence-electron chi connectivity index (χ2n) is 7.59. The minimum absolute atomic E-state index is 0.0239. The molecule has 1 amide bonds. The van der Waals surface area contributed by atoms with Gasteiger partial charge in [-0.15, -0.1) is 10.2 Å². The molecule has 0 saturated heterocycles. The highest BCUT2D eigenvalue weighted by atomic mass is 16.6. The number of hydrogen-bond donors (Lipinski definition) is 2. The third-order valence-electron chi connectivity index (χ3n) is 4.69. The number of nitrogens with one attached hydrogen (secondary N) is 1.